The number of aryl methyl sites for hydroxylation is 1. The molecule has 1 saturated heterocycles. The van der Waals surface area contributed by atoms with Gasteiger partial charge in [-0.2, -0.15) is 0 Å². The van der Waals surface area contributed by atoms with E-state index in [0.29, 0.717) is 28.8 Å². The van der Waals surface area contributed by atoms with Crippen molar-refractivity contribution < 1.29 is 13.6 Å². The molecule has 5 nitrogen and oxygen atoms in total. The van der Waals surface area contributed by atoms with E-state index in [1.807, 2.05) is 24.0 Å². The molecule has 0 aliphatic carbocycles. The van der Waals surface area contributed by atoms with Gasteiger partial charge in [0.1, 0.15) is 11.6 Å². The maximum Gasteiger partial charge on any atom is 0.257 e. The third-order valence-corrected chi connectivity index (χ3v) is 5.65. The number of anilines is 2. The second kappa shape index (κ2) is 9.56. The summed E-state index contributed by atoms with van der Waals surface area (Å²) in [6.45, 7) is 4.62. The highest BCUT2D eigenvalue weighted by Gasteiger charge is 2.29. The zero-order valence-corrected chi connectivity index (χ0v) is 18.3. The fourth-order valence-corrected chi connectivity index (χ4v) is 4.04. The normalized spacial score (nSPS) is 16.1. The second-order valence-corrected chi connectivity index (χ2v) is 7.68. The van der Waals surface area contributed by atoms with Crippen molar-refractivity contribution in [3.05, 3.63) is 59.4 Å². The SMILES string of the molecule is CCC1CCCCN1C(=O)c1cnc2nc(C)ccc2c1Nc1ccc(F)cc1F.Cl. The molecule has 1 aliphatic rings. The summed E-state index contributed by atoms with van der Waals surface area (Å²) in [7, 11) is 0. The molecule has 1 aromatic carbocycles. The maximum atomic E-state index is 14.4. The number of carbonyl (C=O) groups is 1. The number of nitrogens with one attached hydrogen (secondary N) is 1. The van der Waals surface area contributed by atoms with Crippen molar-refractivity contribution in [2.75, 3.05) is 11.9 Å². The van der Waals surface area contributed by atoms with Crippen LogP contribution in [0, 0.1) is 18.6 Å². The van der Waals surface area contributed by atoms with Gasteiger partial charge in [0.2, 0.25) is 0 Å². The van der Waals surface area contributed by atoms with Gasteiger partial charge < -0.3 is 10.2 Å². The van der Waals surface area contributed by atoms with Crippen LogP contribution in [0.2, 0.25) is 0 Å². The largest absolute Gasteiger partial charge is 0.352 e. The lowest BCUT2D eigenvalue weighted by atomic mass is 9.98. The highest BCUT2D eigenvalue weighted by atomic mass is 35.5. The van der Waals surface area contributed by atoms with Crippen LogP contribution in [0.5, 0.6) is 0 Å². The molecule has 0 spiro atoms. The predicted octanol–water partition coefficient (Wildman–Crippen LogP) is 5.79. The van der Waals surface area contributed by atoms with Gasteiger partial charge in [-0.25, -0.2) is 18.7 Å². The Morgan fingerprint density at radius 2 is 2.03 bits per heavy atom. The smallest absolute Gasteiger partial charge is 0.257 e. The Balaban J connectivity index is 0.00000272. The summed E-state index contributed by atoms with van der Waals surface area (Å²) in [5, 5.41) is 3.63. The predicted molar refractivity (Wildman–Crippen MR) is 120 cm³/mol. The Morgan fingerprint density at radius 1 is 1.23 bits per heavy atom. The van der Waals surface area contributed by atoms with Gasteiger partial charge in [-0.3, -0.25) is 4.79 Å². The summed E-state index contributed by atoms with van der Waals surface area (Å²) in [5.41, 5.74) is 2.13. The van der Waals surface area contributed by atoms with Gasteiger partial charge in [0.25, 0.3) is 5.91 Å². The van der Waals surface area contributed by atoms with Gasteiger partial charge >= 0.3 is 0 Å². The number of carbonyl (C=O) groups excluding carboxylic acids is 1. The van der Waals surface area contributed by atoms with Gasteiger partial charge in [0, 0.05) is 35.9 Å². The topological polar surface area (TPSA) is 58.1 Å². The molecule has 8 heteroatoms. The minimum Gasteiger partial charge on any atom is -0.352 e. The third kappa shape index (κ3) is 4.61. The first kappa shape index (κ1) is 22.9. The molecule has 164 valence electrons. The van der Waals surface area contributed by atoms with E-state index < -0.39 is 11.6 Å². The number of likely N-dealkylation sites (tertiary alicyclic amines) is 1. The van der Waals surface area contributed by atoms with E-state index in [0.717, 1.165) is 37.4 Å². The zero-order valence-electron chi connectivity index (χ0n) is 17.5. The highest BCUT2D eigenvalue weighted by Crippen LogP contribution is 2.32. The van der Waals surface area contributed by atoms with Crippen molar-refractivity contribution in [1.82, 2.24) is 14.9 Å². The number of halogens is 3. The molecule has 0 saturated carbocycles. The van der Waals surface area contributed by atoms with Crippen LogP contribution in [0.3, 0.4) is 0 Å². The third-order valence-electron chi connectivity index (χ3n) is 5.65. The number of hydrogen-bond donors (Lipinski definition) is 1. The van der Waals surface area contributed by atoms with Crippen molar-refractivity contribution >= 4 is 40.7 Å². The van der Waals surface area contributed by atoms with Crippen molar-refractivity contribution in [1.29, 1.82) is 0 Å². The van der Waals surface area contributed by atoms with Crippen LogP contribution < -0.4 is 5.32 Å². The number of amides is 1. The Kier molecular flexibility index (Phi) is 7.05. The molecule has 1 aliphatic heterocycles. The zero-order chi connectivity index (χ0) is 21.3. The van der Waals surface area contributed by atoms with Gasteiger partial charge in [-0.1, -0.05) is 6.92 Å². The molecule has 4 rings (SSSR count). The number of fused-ring (bicyclic) bond motifs is 1. The van der Waals surface area contributed by atoms with Gasteiger partial charge in [0.05, 0.1) is 16.9 Å². The van der Waals surface area contributed by atoms with E-state index in [4.69, 9.17) is 0 Å². The quantitative estimate of drug-likeness (QED) is 0.551. The number of hydrogen-bond acceptors (Lipinski definition) is 4. The lowest BCUT2D eigenvalue weighted by Crippen LogP contribution is -2.43. The number of rotatable bonds is 4. The van der Waals surface area contributed by atoms with E-state index in [-0.39, 0.29) is 30.0 Å². The first-order chi connectivity index (χ1) is 14.5. The number of nitrogens with zero attached hydrogens (tertiary/aromatic N) is 3. The molecule has 1 fully saturated rings. The number of aromatic nitrogens is 2. The molecule has 3 heterocycles. The molecule has 2 aromatic heterocycles. The molecule has 1 atom stereocenters. The Morgan fingerprint density at radius 3 is 2.77 bits per heavy atom. The standard InChI is InChI=1S/C23H24F2N4O.ClH/c1-3-16-6-4-5-11-29(16)23(30)18-13-26-22-17(9-7-14(2)27-22)21(18)28-20-10-8-15(24)12-19(20)25;/h7-10,12-13,16H,3-6,11H2,1-2H3,(H,26,27,28);1H. The minimum absolute atomic E-state index is 0. The second-order valence-electron chi connectivity index (χ2n) is 7.68. The summed E-state index contributed by atoms with van der Waals surface area (Å²) in [5.74, 6) is -1.53. The van der Waals surface area contributed by atoms with Gasteiger partial charge in [0.15, 0.2) is 5.65 Å². The van der Waals surface area contributed by atoms with Crippen LogP contribution >= 0.6 is 12.4 Å². The first-order valence-electron chi connectivity index (χ1n) is 10.3. The molecule has 31 heavy (non-hydrogen) atoms. The number of pyridine rings is 2. The van der Waals surface area contributed by atoms with Crippen molar-refractivity contribution in [2.24, 2.45) is 0 Å². The Labute approximate surface area is 186 Å². The molecule has 3 aromatic rings. The number of benzene rings is 1. The molecule has 1 amide bonds. The number of piperidine rings is 1. The van der Waals surface area contributed by atoms with Crippen LogP contribution in [0.4, 0.5) is 20.2 Å². The first-order valence-corrected chi connectivity index (χ1v) is 10.3. The van der Waals surface area contributed by atoms with E-state index in [9.17, 15) is 13.6 Å². The molecule has 1 N–H and O–H groups in total. The average Bonchev–Trinajstić information content (AvgIpc) is 2.75. The van der Waals surface area contributed by atoms with Gasteiger partial charge in [-0.15, -0.1) is 12.4 Å². The fourth-order valence-electron chi connectivity index (χ4n) is 4.04. The van der Waals surface area contributed by atoms with Crippen LogP contribution in [-0.2, 0) is 0 Å². The van der Waals surface area contributed by atoms with E-state index in [2.05, 4.69) is 22.2 Å². The van der Waals surface area contributed by atoms with E-state index in [1.54, 1.807) is 0 Å². The van der Waals surface area contributed by atoms with Crippen molar-refractivity contribution in [2.45, 2.75) is 45.6 Å². The van der Waals surface area contributed by atoms with Crippen molar-refractivity contribution in [3.63, 3.8) is 0 Å². The Hall–Kier alpha value is -2.80. The molecular weight excluding hydrogens is 422 g/mol. The summed E-state index contributed by atoms with van der Waals surface area (Å²) < 4.78 is 27.7. The summed E-state index contributed by atoms with van der Waals surface area (Å²) in [6, 6.07) is 7.12. The Bertz CT molecular complexity index is 1110. The lowest BCUT2D eigenvalue weighted by Gasteiger charge is -2.35. The summed E-state index contributed by atoms with van der Waals surface area (Å²) >= 11 is 0. The molecule has 1 unspecified atom stereocenters. The molecule has 0 bridgehead atoms. The van der Waals surface area contributed by atoms with E-state index in [1.165, 1.54) is 18.3 Å². The lowest BCUT2D eigenvalue weighted by molar-refractivity contribution is 0.0609. The van der Waals surface area contributed by atoms with Gasteiger partial charge in [-0.05, 0) is 56.9 Å². The van der Waals surface area contributed by atoms with Crippen LogP contribution in [-0.4, -0.2) is 33.4 Å². The average molecular weight is 447 g/mol. The van der Waals surface area contributed by atoms with Crippen LogP contribution in [0.1, 0.15) is 48.7 Å². The summed E-state index contributed by atoms with van der Waals surface area (Å²) in [4.78, 5) is 24.2. The summed E-state index contributed by atoms with van der Waals surface area (Å²) in [6.07, 6.45) is 5.41. The molecule has 0 radical (unpaired) electrons. The monoisotopic (exact) mass is 446 g/mol. The van der Waals surface area contributed by atoms with E-state index >= 15 is 0 Å². The molecular formula is C23H25ClF2N4O. The maximum absolute atomic E-state index is 14.4. The highest BCUT2D eigenvalue weighted by molar-refractivity contribution is 6.07. The minimum atomic E-state index is -0.733. The van der Waals surface area contributed by atoms with Crippen molar-refractivity contribution in [3.8, 4) is 0 Å². The van der Waals surface area contributed by atoms with Crippen LogP contribution in [0.15, 0.2) is 36.5 Å². The fraction of sp³-hybridized carbons (Fsp3) is 0.348. The van der Waals surface area contributed by atoms with Crippen LogP contribution in [0.25, 0.3) is 11.0 Å².